The number of nitrogens with zero attached hydrogens (tertiary/aromatic N) is 1. The predicted molar refractivity (Wildman–Crippen MR) is 105 cm³/mol. The van der Waals surface area contributed by atoms with E-state index in [0.717, 1.165) is 34.9 Å². The maximum atomic E-state index is 14.9. The first-order chi connectivity index (χ1) is 15.0. The van der Waals surface area contributed by atoms with Gasteiger partial charge in [-0.15, -0.1) is 13.2 Å². The Morgan fingerprint density at radius 1 is 1.16 bits per heavy atom. The molecular formula is C21H18F4N2O5. The highest BCUT2D eigenvalue weighted by Crippen LogP contribution is 2.37. The van der Waals surface area contributed by atoms with Crippen molar-refractivity contribution in [2.45, 2.75) is 26.1 Å². The molecule has 0 spiro atoms. The lowest BCUT2D eigenvalue weighted by molar-refractivity contribution is -0.274. The van der Waals surface area contributed by atoms with E-state index in [1.165, 1.54) is 19.9 Å². The van der Waals surface area contributed by atoms with Gasteiger partial charge in [-0.05, 0) is 55.8 Å². The second-order valence-electron chi connectivity index (χ2n) is 6.93. The molecule has 1 atom stereocenters. The number of benzene rings is 2. The lowest BCUT2D eigenvalue weighted by Gasteiger charge is -2.13. The van der Waals surface area contributed by atoms with Gasteiger partial charge in [-0.2, -0.15) is 0 Å². The van der Waals surface area contributed by atoms with E-state index in [2.05, 4.69) is 10.1 Å². The molecule has 1 aromatic heterocycles. The number of aliphatic hydroxyl groups excluding tert-OH is 1. The fourth-order valence-electron chi connectivity index (χ4n) is 3.56. The van der Waals surface area contributed by atoms with Gasteiger partial charge >= 0.3 is 6.36 Å². The van der Waals surface area contributed by atoms with Gasteiger partial charge in [0.15, 0.2) is 11.6 Å². The minimum Gasteiger partial charge on any atom is -0.505 e. The van der Waals surface area contributed by atoms with Gasteiger partial charge in [0.25, 0.3) is 5.91 Å². The Balaban J connectivity index is 2.15. The van der Waals surface area contributed by atoms with Crippen molar-refractivity contribution in [3.63, 3.8) is 0 Å². The molecule has 0 unspecified atom stereocenters. The highest BCUT2D eigenvalue weighted by Gasteiger charge is 2.32. The number of phenolic OH excluding ortho intramolecular Hbond substituents is 1. The average Bonchev–Trinajstić information content (AvgIpc) is 3.01. The van der Waals surface area contributed by atoms with Crippen LogP contribution in [0.4, 0.5) is 17.6 Å². The Hall–Kier alpha value is -3.60. The van der Waals surface area contributed by atoms with Gasteiger partial charge in [-0.3, -0.25) is 14.2 Å². The zero-order valence-corrected chi connectivity index (χ0v) is 16.8. The number of halogens is 4. The molecule has 3 rings (SSSR count). The van der Waals surface area contributed by atoms with E-state index >= 15 is 0 Å². The lowest BCUT2D eigenvalue weighted by atomic mass is 9.96. The molecule has 0 saturated carbocycles. The highest BCUT2D eigenvalue weighted by molar-refractivity contribution is 6.05. The Kier molecular flexibility index (Phi) is 6.13. The summed E-state index contributed by atoms with van der Waals surface area (Å²) in [6, 6.07) is 6.50. The van der Waals surface area contributed by atoms with Gasteiger partial charge < -0.3 is 20.3 Å². The van der Waals surface area contributed by atoms with Crippen LogP contribution in [0, 0.1) is 12.7 Å². The molecule has 3 N–H and O–H groups in total. The van der Waals surface area contributed by atoms with E-state index in [0.29, 0.717) is 0 Å². The molecule has 0 aliphatic rings. The van der Waals surface area contributed by atoms with Crippen LogP contribution in [-0.4, -0.2) is 39.7 Å². The van der Waals surface area contributed by atoms with Crippen LogP contribution in [-0.2, 0) is 4.79 Å². The molecule has 0 saturated heterocycles. The maximum absolute atomic E-state index is 14.9. The number of ether oxygens (including phenoxy) is 1. The molecule has 1 amide bonds. The third kappa shape index (κ3) is 4.24. The fraction of sp³-hybridized carbons (Fsp3) is 0.238. The van der Waals surface area contributed by atoms with Gasteiger partial charge in [-0.1, -0.05) is 0 Å². The predicted octanol–water partition coefficient (Wildman–Crippen LogP) is 3.55. The normalized spacial score (nSPS) is 12.6. The SMILES string of the molecule is Cc1c([C@@H](C)C(=O)NCO)c2c(F)c(O)ccc2n1C(=O)c1ccc(OC(F)(F)F)cc1. The number of aliphatic hydroxyl groups is 1. The summed E-state index contributed by atoms with van der Waals surface area (Å²) < 4.78 is 56.8. The standard InChI is InChI=1S/C21H18F4N2O5/c1-10(19(30)26-9-28)16-11(2)27(14-7-8-15(29)18(22)17(14)16)20(31)12-3-5-13(6-4-12)32-21(23,24)25/h3-8,10,28-29H,9H2,1-2H3,(H,26,30)/t10-/m1/s1. The highest BCUT2D eigenvalue weighted by atomic mass is 19.4. The van der Waals surface area contributed by atoms with Gasteiger partial charge in [0.1, 0.15) is 12.5 Å². The fourth-order valence-corrected chi connectivity index (χ4v) is 3.56. The third-order valence-corrected chi connectivity index (χ3v) is 4.95. The summed E-state index contributed by atoms with van der Waals surface area (Å²) >= 11 is 0. The van der Waals surface area contributed by atoms with E-state index in [4.69, 9.17) is 5.11 Å². The quantitative estimate of drug-likeness (QED) is 0.405. The number of hydrogen-bond donors (Lipinski definition) is 3. The molecule has 0 fully saturated rings. The van der Waals surface area contributed by atoms with Crippen molar-refractivity contribution < 1.29 is 42.1 Å². The zero-order chi connectivity index (χ0) is 23.8. The number of fused-ring (bicyclic) bond motifs is 1. The number of hydrogen-bond acceptors (Lipinski definition) is 5. The number of phenols is 1. The maximum Gasteiger partial charge on any atom is 0.573 e. The summed E-state index contributed by atoms with van der Waals surface area (Å²) in [7, 11) is 0. The molecule has 32 heavy (non-hydrogen) atoms. The Morgan fingerprint density at radius 3 is 2.34 bits per heavy atom. The van der Waals surface area contributed by atoms with Crippen molar-refractivity contribution in [2.75, 3.05) is 6.73 Å². The second kappa shape index (κ2) is 8.50. The molecule has 11 heteroatoms. The second-order valence-corrected chi connectivity index (χ2v) is 6.93. The molecule has 0 aliphatic heterocycles. The number of carbonyl (C=O) groups is 2. The van der Waals surface area contributed by atoms with Gasteiger partial charge in [-0.25, -0.2) is 4.39 Å². The van der Waals surface area contributed by atoms with Crippen LogP contribution < -0.4 is 10.1 Å². The number of amides is 1. The van der Waals surface area contributed by atoms with Crippen molar-refractivity contribution in [3.8, 4) is 11.5 Å². The van der Waals surface area contributed by atoms with Crippen molar-refractivity contribution in [1.82, 2.24) is 9.88 Å². The summed E-state index contributed by atoms with van der Waals surface area (Å²) in [6.07, 6.45) is -4.89. The molecule has 170 valence electrons. The molecule has 0 bridgehead atoms. The molecule has 0 radical (unpaired) electrons. The van der Waals surface area contributed by atoms with Crippen LogP contribution in [0.25, 0.3) is 10.9 Å². The number of nitrogens with one attached hydrogen (secondary N) is 1. The number of aromatic hydroxyl groups is 1. The van der Waals surface area contributed by atoms with E-state index in [1.54, 1.807) is 0 Å². The molecule has 2 aromatic carbocycles. The van der Waals surface area contributed by atoms with Crippen LogP contribution in [0.15, 0.2) is 36.4 Å². The summed E-state index contributed by atoms with van der Waals surface area (Å²) in [6.45, 7) is 2.25. The van der Waals surface area contributed by atoms with Crippen LogP contribution in [0.1, 0.15) is 34.5 Å². The number of carbonyl (C=O) groups excluding carboxylic acids is 2. The first-order valence-electron chi connectivity index (χ1n) is 9.27. The Morgan fingerprint density at radius 2 is 1.78 bits per heavy atom. The van der Waals surface area contributed by atoms with Gasteiger partial charge in [0.2, 0.25) is 5.91 Å². The molecule has 1 heterocycles. The first kappa shape index (κ1) is 23.1. The van der Waals surface area contributed by atoms with Crippen molar-refractivity contribution in [2.24, 2.45) is 0 Å². The van der Waals surface area contributed by atoms with E-state index in [1.807, 2.05) is 0 Å². The lowest BCUT2D eigenvalue weighted by Crippen LogP contribution is -2.29. The van der Waals surface area contributed by atoms with Crippen molar-refractivity contribution >= 4 is 22.7 Å². The average molecular weight is 454 g/mol. The molecule has 3 aromatic rings. The third-order valence-electron chi connectivity index (χ3n) is 4.95. The number of aromatic nitrogens is 1. The Bertz CT molecular complexity index is 1190. The summed E-state index contributed by atoms with van der Waals surface area (Å²) in [5.41, 5.74) is 0.333. The van der Waals surface area contributed by atoms with Crippen molar-refractivity contribution in [1.29, 1.82) is 0 Å². The Labute approximate surface area is 178 Å². The number of alkyl halides is 3. The zero-order valence-electron chi connectivity index (χ0n) is 16.8. The van der Waals surface area contributed by atoms with Gasteiger partial charge in [0.05, 0.1) is 11.4 Å². The van der Waals surface area contributed by atoms with E-state index < -0.39 is 48.1 Å². The monoisotopic (exact) mass is 454 g/mol. The first-order valence-corrected chi connectivity index (χ1v) is 9.27. The largest absolute Gasteiger partial charge is 0.573 e. The summed E-state index contributed by atoms with van der Waals surface area (Å²) in [5, 5.41) is 20.8. The summed E-state index contributed by atoms with van der Waals surface area (Å²) in [5.74, 6) is -4.58. The minimum absolute atomic E-state index is 0.0213. The van der Waals surface area contributed by atoms with E-state index in [9.17, 15) is 32.3 Å². The smallest absolute Gasteiger partial charge is 0.505 e. The molecule has 7 nitrogen and oxygen atoms in total. The summed E-state index contributed by atoms with van der Waals surface area (Å²) in [4.78, 5) is 25.5. The minimum atomic E-state index is -4.89. The van der Waals surface area contributed by atoms with Crippen LogP contribution in [0.2, 0.25) is 0 Å². The van der Waals surface area contributed by atoms with Crippen LogP contribution in [0.3, 0.4) is 0 Å². The van der Waals surface area contributed by atoms with Gasteiger partial charge in [0, 0.05) is 16.6 Å². The van der Waals surface area contributed by atoms with Crippen LogP contribution in [0.5, 0.6) is 11.5 Å². The van der Waals surface area contributed by atoms with Crippen molar-refractivity contribution in [3.05, 3.63) is 59.0 Å². The molecule has 0 aliphatic carbocycles. The van der Waals surface area contributed by atoms with Crippen LogP contribution >= 0.6 is 0 Å². The topological polar surface area (TPSA) is 101 Å². The molecular weight excluding hydrogens is 436 g/mol. The number of rotatable bonds is 5. The van der Waals surface area contributed by atoms with E-state index in [-0.39, 0.29) is 27.7 Å².